The Kier molecular flexibility index (Phi) is 3.60. The molecule has 1 fully saturated rings. The normalized spacial score (nSPS) is 14.5. The fraction of sp³-hybridized carbons (Fsp3) is 0.462. The second-order valence-corrected chi connectivity index (χ2v) is 5.88. The topological polar surface area (TPSA) is 73.0 Å². The van der Waals surface area contributed by atoms with E-state index in [0.717, 1.165) is 11.5 Å². The summed E-state index contributed by atoms with van der Waals surface area (Å²) in [5, 5.41) is 11.1. The van der Waals surface area contributed by atoms with Crippen molar-refractivity contribution >= 4 is 21.6 Å². The lowest BCUT2D eigenvalue weighted by Crippen LogP contribution is -2.25. The summed E-state index contributed by atoms with van der Waals surface area (Å²) in [6.07, 6.45) is 4.05. The molecule has 20 heavy (non-hydrogen) atoms. The van der Waals surface area contributed by atoms with E-state index in [9.17, 15) is 4.79 Å². The Bertz CT molecular complexity index is 675. The molecule has 106 valence electrons. The summed E-state index contributed by atoms with van der Waals surface area (Å²) >= 11 is 3.34. The summed E-state index contributed by atoms with van der Waals surface area (Å²) in [5.41, 5.74) is 1.39. The van der Waals surface area contributed by atoms with Gasteiger partial charge >= 0.3 is 0 Å². The van der Waals surface area contributed by atoms with Crippen LogP contribution in [0.25, 0.3) is 0 Å². The molecule has 1 aliphatic rings. The van der Waals surface area contributed by atoms with E-state index in [1.807, 2.05) is 13.0 Å². The first-order valence-corrected chi connectivity index (χ1v) is 7.34. The molecule has 0 atom stereocenters. The molecule has 0 bridgehead atoms. The van der Waals surface area contributed by atoms with Crippen molar-refractivity contribution < 1.29 is 4.52 Å². The average molecular weight is 339 g/mol. The quantitative estimate of drug-likeness (QED) is 0.905. The summed E-state index contributed by atoms with van der Waals surface area (Å²) in [7, 11) is 0. The van der Waals surface area contributed by atoms with E-state index in [0.29, 0.717) is 29.2 Å². The summed E-state index contributed by atoms with van der Waals surface area (Å²) in [6, 6.07) is 1.85. The Morgan fingerprint density at radius 3 is 3.00 bits per heavy atom. The van der Waals surface area contributed by atoms with Crippen molar-refractivity contribution in [2.24, 2.45) is 5.92 Å². The first-order valence-electron chi connectivity index (χ1n) is 6.55. The van der Waals surface area contributed by atoms with Gasteiger partial charge in [0, 0.05) is 12.6 Å². The number of aryl methyl sites for hydroxylation is 1. The van der Waals surface area contributed by atoms with Crippen molar-refractivity contribution in [1.82, 2.24) is 14.9 Å². The van der Waals surface area contributed by atoms with Gasteiger partial charge in [-0.15, -0.1) is 0 Å². The lowest BCUT2D eigenvalue weighted by molar-refractivity contribution is 0.384. The number of anilines is 1. The van der Waals surface area contributed by atoms with Gasteiger partial charge in [-0.05, 0) is 41.6 Å². The van der Waals surface area contributed by atoms with Gasteiger partial charge in [0.15, 0.2) is 5.76 Å². The standard InChI is InChI=1S/C13H15BrN4O2/c1-8-4-10(20-17-8)5-15-11-6-16-18(7-9-2-3-9)13(19)12(11)14/h4,6,9,15H,2-3,5,7H2,1H3. The van der Waals surface area contributed by atoms with Crippen LogP contribution in [0.15, 0.2) is 26.1 Å². The van der Waals surface area contributed by atoms with E-state index in [-0.39, 0.29) is 5.56 Å². The Morgan fingerprint density at radius 2 is 2.35 bits per heavy atom. The number of hydrogen-bond acceptors (Lipinski definition) is 5. The van der Waals surface area contributed by atoms with Crippen molar-refractivity contribution in [3.05, 3.63) is 38.5 Å². The number of halogens is 1. The molecular formula is C13H15BrN4O2. The zero-order chi connectivity index (χ0) is 14.1. The number of nitrogens with one attached hydrogen (secondary N) is 1. The largest absolute Gasteiger partial charge is 0.375 e. The van der Waals surface area contributed by atoms with E-state index >= 15 is 0 Å². The maximum atomic E-state index is 12.1. The number of rotatable bonds is 5. The molecule has 7 heteroatoms. The van der Waals surface area contributed by atoms with Crippen LogP contribution < -0.4 is 10.9 Å². The second-order valence-electron chi connectivity index (χ2n) is 5.09. The first kappa shape index (κ1) is 13.4. The van der Waals surface area contributed by atoms with Crippen LogP contribution in [0.3, 0.4) is 0 Å². The van der Waals surface area contributed by atoms with Gasteiger partial charge in [-0.25, -0.2) is 4.68 Å². The predicted molar refractivity (Wildman–Crippen MR) is 77.5 cm³/mol. The Labute approximate surface area is 124 Å². The fourth-order valence-corrected chi connectivity index (χ4v) is 2.39. The zero-order valence-electron chi connectivity index (χ0n) is 11.1. The maximum absolute atomic E-state index is 12.1. The first-order chi connectivity index (χ1) is 9.63. The van der Waals surface area contributed by atoms with E-state index < -0.39 is 0 Å². The van der Waals surface area contributed by atoms with Gasteiger partial charge < -0.3 is 9.84 Å². The van der Waals surface area contributed by atoms with Gasteiger partial charge in [0.1, 0.15) is 4.47 Å². The second kappa shape index (κ2) is 5.40. The highest BCUT2D eigenvalue weighted by molar-refractivity contribution is 9.10. The highest BCUT2D eigenvalue weighted by Crippen LogP contribution is 2.30. The summed E-state index contributed by atoms with van der Waals surface area (Å²) in [6.45, 7) is 3.04. The molecule has 0 spiro atoms. The molecule has 0 aromatic carbocycles. The number of nitrogens with zero attached hydrogens (tertiary/aromatic N) is 3. The van der Waals surface area contributed by atoms with Crippen molar-refractivity contribution in [3.63, 3.8) is 0 Å². The van der Waals surface area contributed by atoms with Crippen LogP contribution in [-0.4, -0.2) is 14.9 Å². The zero-order valence-corrected chi connectivity index (χ0v) is 12.7. The van der Waals surface area contributed by atoms with Crippen LogP contribution in [-0.2, 0) is 13.1 Å². The molecule has 0 radical (unpaired) electrons. The van der Waals surface area contributed by atoms with Gasteiger partial charge in [-0.3, -0.25) is 4.79 Å². The van der Waals surface area contributed by atoms with Gasteiger partial charge in [-0.1, -0.05) is 5.16 Å². The smallest absolute Gasteiger partial charge is 0.283 e. The van der Waals surface area contributed by atoms with Crippen LogP contribution in [0.5, 0.6) is 0 Å². The van der Waals surface area contributed by atoms with Crippen LogP contribution in [0, 0.1) is 12.8 Å². The van der Waals surface area contributed by atoms with E-state index in [2.05, 4.69) is 31.5 Å². The molecule has 2 aromatic rings. The van der Waals surface area contributed by atoms with Gasteiger partial charge in [0.25, 0.3) is 5.56 Å². The lowest BCUT2D eigenvalue weighted by Gasteiger charge is -2.09. The van der Waals surface area contributed by atoms with E-state index in [1.54, 1.807) is 6.20 Å². The van der Waals surface area contributed by atoms with Crippen molar-refractivity contribution in [2.45, 2.75) is 32.9 Å². The van der Waals surface area contributed by atoms with Gasteiger partial charge in [0.05, 0.1) is 24.1 Å². The lowest BCUT2D eigenvalue weighted by atomic mass is 10.3. The Hall–Kier alpha value is -1.63. The molecule has 1 saturated carbocycles. The van der Waals surface area contributed by atoms with E-state index in [1.165, 1.54) is 17.5 Å². The van der Waals surface area contributed by atoms with Crippen molar-refractivity contribution in [1.29, 1.82) is 0 Å². The molecule has 2 heterocycles. The SMILES string of the molecule is Cc1cc(CNc2cnn(CC3CC3)c(=O)c2Br)on1. The number of aromatic nitrogens is 3. The predicted octanol–water partition coefficient (Wildman–Crippen LogP) is 2.32. The molecule has 2 aromatic heterocycles. The van der Waals surface area contributed by atoms with Crippen LogP contribution in [0.4, 0.5) is 5.69 Å². The highest BCUT2D eigenvalue weighted by Gasteiger charge is 2.23. The van der Waals surface area contributed by atoms with Crippen molar-refractivity contribution in [2.75, 3.05) is 5.32 Å². The molecule has 0 saturated heterocycles. The molecule has 3 rings (SSSR count). The van der Waals surface area contributed by atoms with E-state index in [4.69, 9.17) is 4.52 Å². The highest BCUT2D eigenvalue weighted by atomic mass is 79.9. The molecule has 6 nitrogen and oxygen atoms in total. The van der Waals surface area contributed by atoms with Gasteiger partial charge in [0.2, 0.25) is 0 Å². The third-order valence-corrected chi connectivity index (χ3v) is 4.01. The Morgan fingerprint density at radius 1 is 1.55 bits per heavy atom. The maximum Gasteiger partial charge on any atom is 0.283 e. The van der Waals surface area contributed by atoms with Crippen LogP contribution in [0.2, 0.25) is 0 Å². The third kappa shape index (κ3) is 2.92. The fourth-order valence-electron chi connectivity index (χ4n) is 1.95. The molecule has 0 amide bonds. The minimum atomic E-state index is -0.101. The molecule has 0 unspecified atom stereocenters. The van der Waals surface area contributed by atoms with Crippen LogP contribution >= 0.6 is 15.9 Å². The minimum Gasteiger partial charge on any atom is -0.375 e. The third-order valence-electron chi connectivity index (χ3n) is 3.24. The molecule has 1 N–H and O–H groups in total. The molecular weight excluding hydrogens is 324 g/mol. The number of hydrogen-bond donors (Lipinski definition) is 1. The summed E-state index contributed by atoms with van der Waals surface area (Å²) in [5.74, 6) is 1.33. The molecule has 0 aliphatic heterocycles. The monoisotopic (exact) mass is 338 g/mol. The summed E-state index contributed by atoms with van der Waals surface area (Å²) < 4.78 is 7.13. The molecule has 1 aliphatic carbocycles. The van der Waals surface area contributed by atoms with Crippen molar-refractivity contribution in [3.8, 4) is 0 Å². The van der Waals surface area contributed by atoms with Gasteiger partial charge in [-0.2, -0.15) is 5.10 Å². The minimum absolute atomic E-state index is 0.101. The Balaban J connectivity index is 1.73. The summed E-state index contributed by atoms with van der Waals surface area (Å²) in [4.78, 5) is 12.1. The average Bonchev–Trinajstić information content (AvgIpc) is 3.15. The van der Waals surface area contributed by atoms with Crippen LogP contribution in [0.1, 0.15) is 24.3 Å².